The predicted octanol–water partition coefficient (Wildman–Crippen LogP) is 5.05. The molecule has 1 aromatic carbocycles. The zero-order chi connectivity index (χ0) is 25.4. The summed E-state index contributed by atoms with van der Waals surface area (Å²) < 4.78 is 1.87. The van der Waals surface area contributed by atoms with Gasteiger partial charge in [0.05, 0.1) is 17.6 Å². The molecule has 0 bridgehead atoms. The van der Waals surface area contributed by atoms with Crippen molar-refractivity contribution in [2.24, 2.45) is 17.8 Å². The van der Waals surface area contributed by atoms with Gasteiger partial charge in [0.25, 0.3) is 0 Å². The highest BCUT2D eigenvalue weighted by atomic mass is 16.4. The molecule has 6 rings (SSSR count). The van der Waals surface area contributed by atoms with Crippen LogP contribution in [0.15, 0.2) is 42.4 Å². The van der Waals surface area contributed by atoms with Crippen molar-refractivity contribution < 1.29 is 9.90 Å². The van der Waals surface area contributed by atoms with Gasteiger partial charge >= 0.3 is 5.97 Å². The minimum absolute atomic E-state index is 0.128. The van der Waals surface area contributed by atoms with Gasteiger partial charge in [-0.05, 0) is 55.7 Å². The summed E-state index contributed by atoms with van der Waals surface area (Å²) in [5.41, 5.74) is 10.6. The summed E-state index contributed by atoms with van der Waals surface area (Å²) in [6.07, 6.45) is 16.9. The number of carboxylic acid groups (broad SMARTS) is 1. The molecule has 198 valence electrons. The van der Waals surface area contributed by atoms with E-state index in [1.165, 1.54) is 69.7 Å². The number of aromatic nitrogens is 2. The number of carbonyl (C=O) groups is 1. The first kappa shape index (κ1) is 24.3. The molecule has 4 aliphatic rings. The lowest BCUT2D eigenvalue weighted by Crippen LogP contribution is -2.35. The van der Waals surface area contributed by atoms with Crippen molar-refractivity contribution in [3.8, 4) is 5.69 Å². The van der Waals surface area contributed by atoms with Crippen molar-refractivity contribution in [3.63, 3.8) is 0 Å². The summed E-state index contributed by atoms with van der Waals surface area (Å²) in [6, 6.07) is 8.54. The van der Waals surface area contributed by atoms with Crippen LogP contribution < -0.4 is 15.9 Å². The lowest BCUT2D eigenvalue weighted by Gasteiger charge is -2.35. The third-order valence-corrected chi connectivity index (χ3v) is 8.95. The molecule has 0 amide bonds. The number of aromatic carboxylic acids is 1. The SMILES string of the molecule is CN1C=C([C@@H]2C[C@H]2c2c(C(=O)O)cnn2-c2cccc(N3CCC[C@H](CCC4CCCCC4)C3)c2)NN1. The van der Waals surface area contributed by atoms with E-state index >= 15 is 0 Å². The van der Waals surface area contributed by atoms with Crippen LogP contribution in [0.25, 0.3) is 5.69 Å². The fraction of sp³-hybridized carbons (Fsp3) is 0.586. The number of nitrogens with one attached hydrogen (secondary N) is 2. The van der Waals surface area contributed by atoms with E-state index in [-0.39, 0.29) is 11.8 Å². The minimum atomic E-state index is -0.913. The van der Waals surface area contributed by atoms with Gasteiger partial charge in [-0.2, -0.15) is 5.10 Å². The fourth-order valence-electron chi connectivity index (χ4n) is 6.84. The van der Waals surface area contributed by atoms with Gasteiger partial charge in [0.1, 0.15) is 5.56 Å². The molecule has 3 N–H and O–H groups in total. The van der Waals surface area contributed by atoms with Crippen molar-refractivity contribution >= 4 is 11.7 Å². The summed E-state index contributed by atoms with van der Waals surface area (Å²) in [5, 5.41) is 16.4. The molecule has 2 aromatic rings. The molecule has 0 radical (unpaired) electrons. The molecule has 0 unspecified atom stereocenters. The van der Waals surface area contributed by atoms with Crippen molar-refractivity contribution in [1.29, 1.82) is 0 Å². The van der Waals surface area contributed by atoms with Gasteiger partial charge in [0, 0.05) is 49.6 Å². The Balaban J connectivity index is 1.19. The molecule has 1 saturated heterocycles. The first-order chi connectivity index (χ1) is 18.1. The Morgan fingerprint density at radius 2 is 1.84 bits per heavy atom. The van der Waals surface area contributed by atoms with Crippen molar-refractivity contribution in [2.45, 2.75) is 70.1 Å². The summed E-state index contributed by atoms with van der Waals surface area (Å²) in [5.74, 6) is 1.20. The first-order valence-electron chi connectivity index (χ1n) is 14.2. The second-order valence-electron chi connectivity index (χ2n) is 11.6. The van der Waals surface area contributed by atoms with E-state index in [2.05, 4.69) is 45.2 Å². The Morgan fingerprint density at radius 1 is 1.05 bits per heavy atom. The van der Waals surface area contributed by atoms with Gasteiger partial charge in [-0.25, -0.2) is 9.48 Å². The highest BCUT2D eigenvalue weighted by Gasteiger charge is 2.46. The lowest BCUT2D eigenvalue weighted by molar-refractivity contribution is 0.0695. The molecule has 8 heteroatoms. The molecule has 1 aromatic heterocycles. The van der Waals surface area contributed by atoms with Gasteiger partial charge in [-0.1, -0.05) is 44.6 Å². The number of benzene rings is 1. The van der Waals surface area contributed by atoms with E-state index in [0.717, 1.165) is 48.4 Å². The fourth-order valence-corrected chi connectivity index (χ4v) is 6.84. The zero-order valence-corrected chi connectivity index (χ0v) is 21.9. The Bertz CT molecular complexity index is 1150. The van der Waals surface area contributed by atoms with E-state index in [4.69, 9.17) is 0 Å². The first-order valence-corrected chi connectivity index (χ1v) is 14.2. The summed E-state index contributed by atoms with van der Waals surface area (Å²) in [7, 11) is 1.94. The Morgan fingerprint density at radius 3 is 2.62 bits per heavy atom. The van der Waals surface area contributed by atoms with Gasteiger partial charge < -0.3 is 15.4 Å². The number of hydrogen-bond donors (Lipinski definition) is 3. The number of hydrogen-bond acceptors (Lipinski definition) is 6. The molecule has 2 aliphatic heterocycles. The van der Waals surface area contributed by atoms with E-state index in [0.29, 0.717) is 5.56 Å². The van der Waals surface area contributed by atoms with E-state index in [9.17, 15) is 9.90 Å². The largest absolute Gasteiger partial charge is 0.478 e. The predicted molar refractivity (Wildman–Crippen MR) is 144 cm³/mol. The van der Waals surface area contributed by atoms with Crippen molar-refractivity contribution in [2.75, 3.05) is 25.0 Å². The van der Waals surface area contributed by atoms with Crippen LogP contribution in [0, 0.1) is 17.8 Å². The Labute approximate surface area is 219 Å². The monoisotopic (exact) mass is 504 g/mol. The maximum Gasteiger partial charge on any atom is 0.339 e. The molecule has 0 spiro atoms. The number of rotatable bonds is 8. The molecule has 3 atom stereocenters. The minimum Gasteiger partial charge on any atom is -0.478 e. The van der Waals surface area contributed by atoms with E-state index in [1.54, 1.807) is 0 Å². The number of hydrazine groups is 2. The Kier molecular flexibility index (Phi) is 6.84. The number of nitrogens with zero attached hydrogens (tertiary/aromatic N) is 4. The van der Waals surface area contributed by atoms with Gasteiger partial charge in [-0.3, -0.25) is 5.01 Å². The molecule has 8 nitrogen and oxygen atoms in total. The van der Waals surface area contributed by atoms with Crippen LogP contribution in [0.1, 0.15) is 86.2 Å². The van der Waals surface area contributed by atoms with Gasteiger partial charge in [-0.15, -0.1) is 5.53 Å². The van der Waals surface area contributed by atoms with Crippen molar-refractivity contribution in [1.82, 2.24) is 25.7 Å². The van der Waals surface area contributed by atoms with Crippen LogP contribution in [0.4, 0.5) is 5.69 Å². The van der Waals surface area contributed by atoms with Crippen LogP contribution in [0.3, 0.4) is 0 Å². The number of piperidine rings is 1. The maximum absolute atomic E-state index is 12.1. The highest BCUT2D eigenvalue weighted by molar-refractivity contribution is 5.89. The highest BCUT2D eigenvalue weighted by Crippen LogP contribution is 2.52. The molecule has 3 heterocycles. The molecular formula is C29H40N6O2. The normalized spacial score (nSPS) is 26.2. The summed E-state index contributed by atoms with van der Waals surface area (Å²) in [4.78, 5) is 14.6. The van der Waals surface area contributed by atoms with Gasteiger partial charge in [0.2, 0.25) is 0 Å². The van der Waals surface area contributed by atoms with Crippen LogP contribution in [-0.2, 0) is 0 Å². The average Bonchev–Trinajstić information content (AvgIpc) is 3.37. The number of anilines is 1. The molecule has 37 heavy (non-hydrogen) atoms. The standard InChI is InChI=1S/C29H40N6O2/c1-33-19-27(31-32-33)24-16-25(24)28-26(29(36)37)17-30-35(28)23-11-5-10-22(15-23)34-14-6-9-21(18-34)13-12-20-7-3-2-4-8-20/h5,10-11,15,17,19-21,24-25,31-32H,2-4,6-9,12-14,16,18H2,1H3,(H,36,37)/t21-,24-,25-/m1/s1. The molecule has 2 aliphatic carbocycles. The summed E-state index contributed by atoms with van der Waals surface area (Å²) >= 11 is 0. The Hall–Kier alpha value is -3.00. The third-order valence-electron chi connectivity index (χ3n) is 8.95. The lowest BCUT2D eigenvalue weighted by atomic mass is 9.82. The molecule has 2 saturated carbocycles. The zero-order valence-electron chi connectivity index (χ0n) is 21.9. The van der Waals surface area contributed by atoms with E-state index in [1.807, 2.05) is 22.9 Å². The third kappa shape index (κ3) is 5.21. The second-order valence-corrected chi connectivity index (χ2v) is 11.6. The second kappa shape index (κ2) is 10.4. The summed E-state index contributed by atoms with van der Waals surface area (Å²) in [6.45, 7) is 2.20. The maximum atomic E-state index is 12.1. The molecular weight excluding hydrogens is 464 g/mol. The van der Waals surface area contributed by atoms with Crippen LogP contribution in [-0.4, -0.2) is 46.0 Å². The topological polar surface area (TPSA) is 85.7 Å². The smallest absolute Gasteiger partial charge is 0.339 e. The number of carboxylic acids is 1. The number of allylic oxidation sites excluding steroid dienone is 1. The van der Waals surface area contributed by atoms with Crippen LogP contribution in [0.2, 0.25) is 0 Å². The molecule has 3 fully saturated rings. The van der Waals surface area contributed by atoms with E-state index < -0.39 is 5.97 Å². The average molecular weight is 505 g/mol. The van der Waals surface area contributed by atoms with Crippen LogP contribution >= 0.6 is 0 Å². The quantitative estimate of drug-likeness (QED) is 0.464. The van der Waals surface area contributed by atoms with Crippen molar-refractivity contribution in [3.05, 3.63) is 53.6 Å². The van der Waals surface area contributed by atoms with Gasteiger partial charge in [0.15, 0.2) is 0 Å². The van der Waals surface area contributed by atoms with Crippen LogP contribution in [0.5, 0.6) is 0 Å².